The predicted molar refractivity (Wildman–Crippen MR) is 82.1 cm³/mol. The Bertz CT molecular complexity index is 601. The average Bonchev–Trinajstić information content (AvgIpc) is 2.43. The maximum atomic E-state index is 13.9. The van der Waals surface area contributed by atoms with Gasteiger partial charge in [0.05, 0.1) is 5.02 Å². The molecule has 0 aliphatic carbocycles. The van der Waals surface area contributed by atoms with Crippen LogP contribution < -0.4 is 5.73 Å². The Balaban J connectivity index is 2.15. The minimum absolute atomic E-state index is 0.136. The third-order valence-electron chi connectivity index (χ3n) is 3.51. The van der Waals surface area contributed by atoms with Crippen LogP contribution in [0.1, 0.15) is 24.1 Å². The van der Waals surface area contributed by atoms with Crippen LogP contribution in [0.4, 0.5) is 10.1 Å². The molecular weight excluding hydrogens is 275 g/mol. The molecule has 0 fully saturated rings. The van der Waals surface area contributed by atoms with Gasteiger partial charge in [0.25, 0.3) is 0 Å². The molecule has 0 saturated carbocycles. The van der Waals surface area contributed by atoms with Crippen molar-refractivity contribution < 1.29 is 4.39 Å². The molecule has 0 bridgehead atoms. The fourth-order valence-electron chi connectivity index (χ4n) is 2.15. The SMILES string of the molecule is CC(c1cccc(N)c1)N(C)Cc1cccc(Cl)c1F. The van der Waals surface area contributed by atoms with Crippen molar-refractivity contribution >= 4 is 17.3 Å². The summed E-state index contributed by atoms with van der Waals surface area (Å²) in [6.45, 7) is 2.56. The van der Waals surface area contributed by atoms with Crippen LogP contribution in [0.3, 0.4) is 0 Å². The number of nitrogens with zero attached hydrogens (tertiary/aromatic N) is 1. The number of halogens is 2. The molecule has 0 aliphatic rings. The standard InChI is InChI=1S/C16H18ClFN2/c1-11(12-5-3-7-14(19)9-12)20(2)10-13-6-4-8-15(17)16(13)18/h3-9,11H,10,19H2,1-2H3. The zero-order valence-electron chi connectivity index (χ0n) is 11.6. The van der Waals surface area contributed by atoms with Gasteiger partial charge in [-0.05, 0) is 37.7 Å². The first-order chi connectivity index (χ1) is 9.49. The van der Waals surface area contributed by atoms with Crippen molar-refractivity contribution in [1.29, 1.82) is 0 Å². The summed E-state index contributed by atoms with van der Waals surface area (Å²) in [7, 11) is 1.95. The lowest BCUT2D eigenvalue weighted by Gasteiger charge is -2.25. The highest BCUT2D eigenvalue weighted by atomic mass is 35.5. The quantitative estimate of drug-likeness (QED) is 0.854. The number of nitrogens with two attached hydrogens (primary N) is 1. The van der Waals surface area contributed by atoms with Gasteiger partial charge in [-0.3, -0.25) is 4.90 Å². The molecule has 1 atom stereocenters. The number of benzene rings is 2. The molecule has 0 heterocycles. The zero-order valence-corrected chi connectivity index (χ0v) is 12.4. The second-order valence-electron chi connectivity index (χ2n) is 4.97. The van der Waals surface area contributed by atoms with E-state index in [9.17, 15) is 4.39 Å². The first-order valence-electron chi connectivity index (χ1n) is 6.47. The molecule has 0 saturated heterocycles. The first kappa shape index (κ1) is 14.8. The summed E-state index contributed by atoms with van der Waals surface area (Å²) >= 11 is 5.80. The van der Waals surface area contributed by atoms with Crippen LogP contribution in [-0.4, -0.2) is 11.9 Å². The van der Waals surface area contributed by atoms with Crippen LogP contribution in [-0.2, 0) is 6.54 Å². The summed E-state index contributed by atoms with van der Waals surface area (Å²) in [6, 6.07) is 12.9. The highest BCUT2D eigenvalue weighted by Gasteiger charge is 2.15. The monoisotopic (exact) mass is 292 g/mol. The molecule has 2 nitrogen and oxygen atoms in total. The Labute approximate surface area is 124 Å². The number of anilines is 1. The summed E-state index contributed by atoms with van der Waals surface area (Å²) < 4.78 is 13.9. The van der Waals surface area contributed by atoms with Gasteiger partial charge in [0.1, 0.15) is 5.82 Å². The zero-order chi connectivity index (χ0) is 14.7. The smallest absolute Gasteiger partial charge is 0.146 e. The van der Waals surface area contributed by atoms with E-state index in [4.69, 9.17) is 17.3 Å². The second-order valence-corrected chi connectivity index (χ2v) is 5.38. The van der Waals surface area contributed by atoms with Crippen LogP contribution in [0.15, 0.2) is 42.5 Å². The molecule has 0 spiro atoms. The summed E-state index contributed by atoms with van der Waals surface area (Å²) in [5.41, 5.74) is 8.23. The van der Waals surface area contributed by atoms with Crippen molar-refractivity contribution in [2.24, 2.45) is 0 Å². The highest BCUT2D eigenvalue weighted by Crippen LogP contribution is 2.24. The lowest BCUT2D eigenvalue weighted by Crippen LogP contribution is -2.22. The Morgan fingerprint density at radius 1 is 1.25 bits per heavy atom. The van der Waals surface area contributed by atoms with Crippen molar-refractivity contribution in [3.05, 3.63) is 64.4 Å². The maximum absolute atomic E-state index is 13.9. The Morgan fingerprint density at radius 3 is 2.65 bits per heavy atom. The average molecular weight is 293 g/mol. The summed E-state index contributed by atoms with van der Waals surface area (Å²) in [4.78, 5) is 2.06. The van der Waals surface area contributed by atoms with Crippen molar-refractivity contribution in [2.45, 2.75) is 19.5 Å². The molecule has 106 valence electrons. The van der Waals surface area contributed by atoms with E-state index in [0.717, 1.165) is 11.3 Å². The van der Waals surface area contributed by atoms with Gasteiger partial charge in [-0.1, -0.05) is 35.9 Å². The van der Waals surface area contributed by atoms with Gasteiger partial charge in [0, 0.05) is 23.8 Å². The van der Waals surface area contributed by atoms with Gasteiger partial charge in [0.15, 0.2) is 0 Å². The fraction of sp³-hybridized carbons (Fsp3) is 0.250. The van der Waals surface area contributed by atoms with Gasteiger partial charge in [-0.15, -0.1) is 0 Å². The molecule has 4 heteroatoms. The Hall–Kier alpha value is -1.58. The number of nitrogen functional groups attached to an aromatic ring is 1. The molecule has 2 N–H and O–H groups in total. The van der Waals surface area contributed by atoms with E-state index in [1.54, 1.807) is 18.2 Å². The Morgan fingerprint density at radius 2 is 1.95 bits per heavy atom. The van der Waals surface area contributed by atoms with Crippen molar-refractivity contribution in [3.63, 3.8) is 0 Å². The summed E-state index contributed by atoms with van der Waals surface area (Å²) in [6.07, 6.45) is 0. The van der Waals surface area contributed by atoms with Crippen LogP contribution in [0.5, 0.6) is 0 Å². The van der Waals surface area contributed by atoms with E-state index in [2.05, 4.69) is 11.8 Å². The number of rotatable bonds is 4. The second kappa shape index (κ2) is 6.25. The topological polar surface area (TPSA) is 29.3 Å². The Kier molecular flexibility index (Phi) is 4.63. The van der Waals surface area contributed by atoms with Crippen LogP contribution in [0, 0.1) is 5.82 Å². The normalized spacial score (nSPS) is 12.7. The van der Waals surface area contributed by atoms with Crippen LogP contribution in [0.2, 0.25) is 5.02 Å². The van der Waals surface area contributed by atoms with Gasteiger partial charge < -0.3 is 5.73 Å². The lowest BCUT2D eigenvalue weighted by atomic mass is 10.1. The van der Waals surface area contributed by atoms with Crippen LogP contribution in [0.25, 0.3) is 0 Å². The molecule has 1 unspecified atom stereocenters. The lowest BCUT2D eigenvalue weighted by molar-refractivity contribution is 0.249. The molecule has 0 radical (unpaired) electrons. The molecule has 0 amide bonds. The van der Waals surface area contributed by atoms with Crippen molar-refractivity contribution in [3.8, 4) is 0 Å². The molecule has 2 aromatic carbocycles. The molecule has 2 rings (SSSR count). The van der Waals surface area contributed by atoms with E-state index in [1.807, 2.05) is 31.3 Å². The minimum Gasteiger partial charge on any atom is -0.399 e. The van der Waals surface area contributed by atoms with E-state index < -0.39 is 0 Å². The molecule has 0 aromatic heterocycles. The molecule has 0 aliphatic heterocycles. The highest BCUT2D eigenvalue weighted by molar-refractivity contribution is 6.30. The van der Waals surface area contributed by atoms with Crippen molar-refractivity contribution in [1.82, 2.24) is 4.90 Å². The third-order valence-corrected chi connectivity index (χ3v) is 3.80. The number of hydrogen-bond acceptors (Lipinski definition) is 2. The molecule has 20 heavy (non-hydrogen) atoms. The summed E-state index contributed by atoms with van der Waals surface area (Å²) in [5.74, 6) is -0.346. The van der Waals surface area contributed by atoms with Crippen molar-refractivity contribution in [2.75, 3.05) is 12.8 Å². The van der Waals surface area contributed by atoms with E-state index >= 15 is 0 Å². The van der Waals surface area contributed by atoms with Gasteiger partial charge >= 0.3 is 0 Å². The number of hydrogen-bond donors (Lipinski definition) is 1. The summed E-state index contributed by atoms with van der Waals surface area (Å²) in [5, 5.41) is 0.160. The molecular formula is C16H18ClFN2. The van der Waals surface area contributed by atoms with Crippen LogP contribution >= 0.6 is 11.6 Å². The van der Waals surface area contributed by atoms with Gasteiger partial charge in [0.2, 0.25) is 0 Å². The minimum atomic E-state index is -0.346. The first-order valence-corrected chi connectivity index (χ1v) is 6.85. The van der Waals surface area contributed by atoms with Gasteiger partial charge in [-0.25, -0.2) is 4.39 Å². The molecule has 2 aromatic rings. The van der Waals surface area contributed by atoms with E-state index in [-0.39, 0.29) is 16.9 Å². The van der Waals surface area contributed by atoms with E-state index in [0.29, 0.717) is 12.1 Å². The third kappa shape index (κ3) is 3.30. The maximum Gasteiger partial charge on any atom is 0.146 e. The fourth-order valence-corrected chi connectivity index (χ4v) is 2.34. The van der Waals surface area contributed by atoms with E-state index in [1.165, 1.54) is 0 Å². The van der Waals surface area contributed by atoms with Gasteiger partial charge in [-0.2, -0.15) is 0 Å². The largest absolute Gasteiger partial charge is 0.399 e. The predicted octanol–water partition coefficient (Wildman–Crippen LogP) is 4.25.